The van der Waals surface area contributed by atoms with E-state index in [0.29, 0.717) is 0 Å². The van der Waals surface area contributed by atoms with Gasteiger partial charge in [-0.1, -0.05) is 0 Å². The molecule has 0 aromatic carbocycles. The molecule has 112 valence electrons. The molecule has 0 radical (unpaired) electrons. The molecule has 0 unspecified atom stereocenters. The lowest BCUT2D eigenvalue weighted by atomic mass is 9.98. The standard InChI is InChI=1S/C10H16N4O6/c1-14(9(19)8-11-3-12-13-8)10-7(18)6(17)5(16)4(2-15)20-10/h3-7,10,15-18H,2H2,1H3,(H,11,12,13)/t4-,5+,6+,7-,10+/m0/s1. The average Bonchev–Trinajstić information content (AvgIpc) is 2.98. The number of nitrogens with one attached hydrogen (secondary N) is 1. The number of hydrogen-bond acceptors (Lipinski definition) is 8. The van der Waals surface area contributed by atoms with Crippen LogP contribution in [-0.4, -0.2) is 90.7 Å². The Morgan fingerprint density at radius 2 is 2.10 bits per heavy atom. The summed E-state index contributed by atoms with van der Waals surface area (Å²) in [4.78, 5) is 16.7. The van der Waals surface area contributed by atoms with Crippen LogP contribution in [0.4, 0.5) is 0 Å². The maximum Gasteiger partial charge on any atom is 0.293 e. The second-order valence-corrected chi connectivity index (χ2v) is 4.47. The Labute approximate surface area is 113 Å². The lowest BCUT2D eigenvalue weighted by molar-refractivity contribution is -0.254. The molecule has 0 saturated carbocycles. The SMILES string of the molecule is CN(C(=O)c1ncn[nH]1)[C@@H]1O[C@@H](CO)[C@@H](O)[C@@H](O)[C@@H]1O. The third kappa shape index (κ3) is 2.51. The first-order valence-electron chi connectivity index (χ1n) is 5.90. The molecule has 1 aliphatic rings. The van der Waals surface area contributed by atoms with Gasteiger partial charge in [-0.15, -0.1) is 0 Å². The van der Waals surface area contributed by atoms with E-state index in [4.69, 9.17) is 9.84 Å². The van der Waals surface area contributed by atoms with Crippen LogP contribution in [0.5, 0.6) is 0 Å². The van der Waals surface area contributed by atoms with Crippen LogP contribution in [0, 0.1) is 0 Å². The molecule has 1 amide bonds. The van der Waals surface area contributed by atoms with Crippen LogP contribution in [0.25, 0.3) is 0 Å². The van der Waals surface area contributed by atoms with Gasteiger partial charge in [-0.2, -0.15) is 5.10 Å². The quantitative estimate of drug-likeness (QED) is 0.387. The first kappa shape index (κ1) is 14.8. The Hall–Kier alpha value is -1.59. The van der Waals surface area contributed by atoms with Gasteiger partial charge in [0.05, 0.1) is 6.61 Å². The number of rotatable bonds is 3. The number of nitrogens with zero attached hydrogens (tertiary/aromatic N) is 3. The maximum absolute atomic E-state index is 12.0. The molecule has 0 spiro atoms. The molecule has 2 heterocycles. The van der Waals surface area contributed by atoms with E-state index >= 15 is 0 Å². The number of aliphatic hydroxyl groups is 4. The summed E-state index contributed by atoms with van der Waals surface area (Å²) in [6.07, 6.45) is -5.71. The smallest absolute Gasteiger partial charge is 0.293 e. The van der Waals surface area contributed by atoms with E-state index in [1.165, 1.54) is 7.05 Å². The fourth-order valence-corrected chi connectivity index (χ4v) is 1.99. The average molecular weight is 288 g/mol. The summed E-state index contributed by atoms with van der Waals surface area (Å²) in [7, 11) is 1.33. The summed E-state index contributed by atoms with van der Waals surface area (Å²) in [5.41, 5.74) is 0. The van der Waals surface area contributed by atoms with Crippen molar-refractivity contribution in [2.45, 2.75) is 30.6 Å². The fraction of sp³-hybridized carbons (Fsp3) is 0.700. The zero-order chi connectivity index (χ0) is 14.9. The van der Waals surface area contributed by atoms with Crippen LogP contribution in [0.3, 0.4) is 0 Å². The van der Waals surface area contributed by atoms with E-state index in [0.717, 1.165) is 11.2 Å². The van der Waals surface area contributed by atoms with Gasteiger partial charge in [0.25, 0.3) is 5.91 Å². The predicted molar refractivity (Wildman–Crippen MR) is 62.2 cm³/mol. The second kappa shape index (κ2) is 5.81. The third-order valence-electron chi connectivity index (χ3n) is 3.19. The van der Waals surface area contributed by atoms with E-state index in [9.17, 15) is 20.1 Å². The van der Waals surface area contributed by atoms with Crippen LogP contribution >= 0.6 is 0 Å². The summed E-state index contributed by atoms with van der Waals surface area (Å²) in [6, 6.07) is 0. The van der Waals surface area contributed by atoms with Crippen LogP contribution in [0.15, 0.2) is 6.33 Å². The monoisotopic (exact) mass is 288 g/mol. The highest BCUT2D eigenvalue weighted by Gasteiger charge is 2.46. The van der Waals surface area contributed by atoms with E-state index in [1.807, 2.05) is 0 Å². The van der Waals surface area contributed by atoms with Crippen LogP contribution in [-0.2, 0) is 4.74 Å². The zero-order valence-electron chi connectivity index (χ0n) is 10.6. The minimum absolute atomic E-state index is 0.0653. The number of aliphatic hydroxyl groups excluding tert-OH is 4. The Bertz CT molecular complexity index is 453. The number of hydrogen-bond donors (Lipinski definition) is 5. The van der Waals surface area contributed by atoms with Crippen LogP contribution in [0.1, 0.15) is 10.6 Å². The number of aromatic nitrogens is 3. The lowest BCUT2D eigenvalue weighted by Gasteiger charge is -2.43. The Morgan fingerprint density at radius 1 is 1.40 bits per heavy atom. The minimum Gasteiger partial charge on any atom is -0.394 e. The molecular weight excluding hydrogens is 272 g/mol. The zero-order valence-corrected chi connectivity index (χ0v) is 10.6. The van der Waals surface area contributed by atoms with Crippen molar-refractivity contribution in [1.29, 1.82) is 0 Å². The molecule has 10 nitrogen and oxygen atoms in total. The molecule has 1 fully saturated rings. The number of aromatic amines is 1. The van der Waals surface area contributed by atoms with Crippen molar-refractivity contribution in [3.05, 3.63) is 12.2 Å². The summed E-state index contributed by atoms with van der Waals surface area (Å²) in [6.45, 7) is -0.564. The number of likely N-dealkylation sites (N-methyl/N-ethyl adjacent to an activating group) is 1. The molecule has 10 heteroatoms. The molecule has 0 bridgehead atoms. The fourth-order valence-electron chi connectivity index (χ4n) is 1.99. The van der Waals surface area contributed by atoms with Crippen molar-refractivity contribution in [2.24, 2.45) is 0 Å². The molecule has 1 aromatic heterocycles. The van der Waals surface area contributed by atoms with Gasteiger partial charge in [0.1, 0.15) is 30.7 Å². The van der Waals surface area contributed by atoms with Gasteiger partial charge >= 0.3 is 0 Å². The first-order valence-corrected chi connectivity index (χ1v) is 5.90. The number of ether oxygens (including phenoxy) is 1. The highest BCUT2D eigenvalue weighted by Crippen LogP contribution is 2.23. The van der Waals surface area contributed by atoms with Crippen molar-refractivity contribution >= 4 is 5.91 Å². The molecular formula is C10H16N4O6. The molecule has 0 aliphatic carbocycles. The number of amides is 1. The molecule has 20 heavy (non-hydrogen) atoms. The van der Waals surface area contributed by atoms with E-state index in [-0.39, 0.29) is 5.82 Å². The van der Waals surface area contributed by atoms with Gasteiger partial charge in [-0.25, -0.2) is 4.98 Å². The predicted octanol–water partition coefficient (Wildman–Crippen LogP) is -3.32. The first-order chi connectivity index (χ1) is 9.47. The molecule has 2 rings (SSSR count). The summed E-state index contributed by atoms with van der Waals surface area (Å²) in [5, 5.41) is 44.2. The Kier molecular flexibility index (Phi) is 4.30. The summed E-state index contributed by atoms with van der Waals surface area (Å²) >= 11 is 0. The largest absolute Gasteiger partial charge is 0.394 e. The number of carbonyl (C=O) groups is 1. The van der Waals surface area contributed by atoms with Gasteiger partial charge in [0, 0.05) is 7.05 Å². The van der Waals surface area contributed by atoms with E-state index in [1.54, 1.807) is 0 Å². The Balaban J connectivity index is 2.16. The summed E-state index contributed by atoms with van der Waals surface area (Å²) < 4.78 is 5.24. The molecule has 5 atom stereocenters. The third-order valence-corrected chi connectivity index (χ3v) is 3.19. The van der Waals surface area contributed by atoms with Crippen LogP contribution in [0.2, 0.25) is 0 Å². The molecule has 1 aliphatic heterocycles. The maximum atomic E-state index is 12.0. The van der Waals surface area contributed by atoms with Crippen molar-refractivity contribution in [3.8, 4) is 0 Å². The van der Waals surface area contributed by atoms with Crippen LogP contribution < -0.4 is 0 Å². The normalized spacial score (nSPS) is 34.0. The number of H-pyrrole nitrogens is 1. The number of carbonyl (C=O) groups excluding carboxylic acids is 1. The highest BCUT2D eigenvalue weighted by molar-refractivity contribution is 5.90. The highest BCUT2D eigenvalue weighted by atomic mass is 16.6. The second-order valence-electron chi connectivity index (χ2n) is 4.47. The molecule has 5 N–H and O–H groups in total. The van der Waals surface area contributed by atoms with E-state index < -0.39 is 43.2 Å². The van der Waals surface area contributed by atoms with Gasteiger partial charge in [0.15, 0.2) is 6.23 Å². The van der Waals surface area contributed by atoms with Gasteiger partial charge in [-0.3, -0.25) is 9.89 Å². The molecule has 1 aromatic rings. The van der Waals surface area contributed by atoms with Gasteiger partial charge in [0.2, 0.25) is 5.82 Å². The minimum atomic E-state index is -1.55. The van der Waals surface area contributed by atoms with E-state index in [2.05, 4.69) is 15.2 Å². The lowest BCUT2D eigenvalue weighted by Crippen LogP contribution is -2.63. The van der Waals surface area contributed by atoms with Crippen molar-refractivity contribution in [3.63, 3.8) is 0 Å². The summed E-state index contributed by atoms with van der Waals surface area (Å²) in [5.74, 6) is -0.684. The van der Waals surface area contributed by atoms with Crippen molar-refractivity contribution in [2.75, 3.05) is 13.7 Å². The Morgan fingerprint density at radius 3 is 2.65 bits per heavy atom. The molecule has 1 saturated heterocycles. The van der Waals surface area contributed by atoms with Crippen molar-refractivity contribution in [1.82, 2.24) is 20.1 Å². The topological polar surface area (TPSA) is 152 Å². The van der Waals surface area contributed by atoms with Gasteiger partial charge in [-0.05, 0) is 0 Å². The van der Waals surface area contributed by atoms with Gasteiger partial charge < -0.3 is 30.1 Å². The van der Waals surface area contributed by atoms with Crippen molar-refractivity contribution < 1.29 is 30.0 Å².